The quantitative estimate of drug-likeness (QED) is 0.778. The zero-order chi connectivity index (χ0) is 17.4. The number of rotatable bonds is 3. The van der Waals surface area contributed by atoms with Gasteiger partial charge in [0.05, 0.1) is 17.9 Å². The molecule has 0 aliphatic carbocycles. The molecule has 3 aromatic heterocycles. The molecule has 1 saturated heterocycles. The van der Waals surface area contributed by atoms with E-state index in [1.54, 1.807) is 11.1 Å². The highest BCUT2D eigenvalue weighted by Crippen LogP contribution is 2.32. The number of nitrogens with zero attached hydrogens (tertiary/aromatic N) is 5. The van der Waals surface area contributed by atoms with Gasteiger partial charge in [-0.15, -0.1) is 0 Å². The normalized spacial score (nSPS) is 17.3. The zero-order valence-corrected chi connectivity index (χ0v) is 13.8. The van der Waals surface area contributed by atoms with E-state index in [1.807, 2.05) is 13.0 Å². The third-order valence-electron chi connectivity index (χ3n) is 4.54. The smallest absolute Gasteiger partial charge is 0.274 e. The summed E-state index contributed by atoms with van der Waals surface area (Å²) in [6.45, 7) is 2.61. The first-order valence-electron chi connectivity index (χ1n) is 8.36. The Bertz CT molecular complexity index is 978. The third-order valence-corrected chi connectivity index (χ3v) is 4.54. The molecule has 0 saturated carbocycles. The van der Waals surface area contributed by atoms with E-state index in [0.717, 1.165) is 24.2 Å². The fraction of sp³-hybridized carbons (Fsp3) is 0.353. The monoisotopic (exact) mass is 338 g/mol. The maximum Gasteiger partial charge on any atom is 0.274 e. The van der Waals surface area contributed by atoms with Crippen LogP contribution in [0, 0.1) is 0 Å². The molecule has 4 heterocycles. The van der Waals surface area contributed by atoms with Crippen molar-refractivity contribution in [1.29, 1.82) is 0 Å². The third kappa shape index (κ3) is 2.69. The van der Waals surface area contributed by atoms with Crippen LogP contribution in [0.15, 0.2) is 35.5 Å². The summed E-state index contributed by atoms with van der Waals surface area (Å²) in [4.78, 5) is 39.3. The molecule has 3 aromatic rings. The molecule has 4 rings (SSSR count). The molecule has 0 spiro atoms. The van der Waals surface area contributed by atoms with Gasteiger partial charge in [-0.3, -0.25) is 19.7 Å². The van der Waals surface area contributed by atoms with Crippen LogP contribution in [0.2, 0.25) is 0 Å². The van der Waals surface area contributed by atoms with Crippen molar-refractivity contribution in [2.24, 2.45) is 0 Å². The van der Waals surface area contributed by atoms with Gasteiger partial charge < -0.3 is 4.90 Å². The topological polar surface area (TPSA) is 96.2 Å². The lowest BCUT2D eigenvalue weighted by Crippen LogP contribution is -2.31. The highest BCUT2D eigenvalue weighted by atomic mass is 16.2. The number of carbonyl (C=O) groups excluding carboxylic acids is 1. The summed E-state index contributed by atoms with van der Waals surface area (Å²) < 4.78 is 1.43. The number of aryl methyl sites for hydroxylation is 1. The summed E-state index contributed by atoms with van der Waals surface area (Å²) in [6, 6.07) is 3.26. The van der Waals surface area contributed by atoms with Crippen LogP contribution in [0.3, 0.4) is 0 Å². The van der Waals surface area contributed by atoms with Gasteiger partial charge in [0.1, 0.15) is 5.69 Å². The standard InChI is InChI=1S/C17H18N6O2/c1-2-11-8-16(24)23-15(20-11)9-12(21-23)14-4-3-7-22(14)17(25)13-10-18-5-6-19-13/h5-6,8-10,14,21H,2-4,7H2,1H3/t14-/m0/s1. The predicted octanol–water partition coefficient (Wildman–Crippen LogP) is 1.35. The summed E-state index contributed by atoms with van der Waals surface area (Å²) in [6.07, 6.45) is 6.95. The van der Waals surface area contributed by atoms with Gasteiger partial charge in [0, 0.05) is 36.8 Å². The Hall–Kier alpha value is -3.03. The van der Waals surface area contributed by atoms with Crippen molar-refractivity contribution in [3.05, 3.63) is 58.2 Å². The van der Waals surface area contributed by atoms with Crippen LogP contribution in [0.5, 0.6) is 0 Å². The minimum Gasteiger partial charge on any atom is -0.329 e. The molecule has 0 aromatic carbocycles. The number of carbonyl (C=O) groups is 1. The molecule has 1 aliphatic rings. The van der Waals surface area contributed by atoms with E-state index >= 15 is 0 Å². The average Bonchev–Trinajstić information content (AvgIpc) is 3.28. The second kappa shape index (κ2) is 6.12. The van der Waals surface area contributed by atoms with E-state index in [1.165, 1.54) is 23.0 Å². The van der Waals surface area contributed by atoms with Crippen molar-refractivity contribution in [3.8, 4) is 0 Å². The Labute approximate surface area is 143 Å². The van der Waals surface area contributed by atoms with Crippen molar-refractivity contribution >= 4 is 11.6 Å². The number of likely N-dealkylation sites (tertiary alicyclic amines) is 1. The number of hydrogen-bond donors (Lipinski definition) is 1. The predicted molar refractivity (Wildman–Crippen MR) is 90.2 cm³/mol. The van der Waals surface area contributed by atoms with Crippen LogP contribution >= 0.6 is 0 Å². The zero-order valence-electron chi connectivity index (χ0n) is 13.8. The van der Waals surface area contributed by atoms with Gasteiger partial charge >= 0.3 is 0 Å². The minimum absolute atomic E-state index is 0.124. The second-order valence-electron chi connectivity index (χ2n) is 6.09. The molecule has 1 atom stereocenters. The van der Waals surface area contributed by atoms with Crippen LogP contribution < -0.4 is 5.56 Å². The molecule has 0 unspecified atom stereocenters. The first kappa shape index (κ1) is 15.5. The molecule has 8 nitrogen and oxygen atoms in total. The molecular formula is C17H18N6O2. The van der Waals surface area contributed by atoms with Crippen molar-refractivity contribution < 1.29 is 4.79 Å². The first-order valence-corrected chi connectivity index (χ1v) is 8.36. The Morgan fingerprint density at radius 1 is 1.36 bits per heavy atom. The average molecular weight is 338 g/mol. The summed E-state index contributed by atoms with van der Waals surface area (Å²) >= 11 is 0. The molecule has 1 fully saturated rings. The van der Waals surface area contributed by atoms with Crippen LogP contribution in [0.4, 0.5) is 0 Å². The van der Waals surface area contributed by atoms with Gasteiger partial charge in [-0.25, -0.2) is 14.5 Å². The van der Waals surface area contributed by atoms with E-state index in [0.29, 0.717) is 24.3 Å². The molecule has 0 bridgehead atoms. The van der Waals surface area contributed by atoms with Crippen molar-refractivity contribution in [3.63, 3.8) is 0 Å². The highest BCUT2D eigenvalue weighted by molar-refractivity contribution is 5.92. The first-order chi connectivity index (χ1) is 12.2. The van der Waals surface area contributed by atoms with E-state index in [4.69, 9.17) is 0 Å². The van der Waals surface area contributed by atoms with Gasteiger partial charge in [-0.05, 0) is 19.3 Å². The Morgan fingerprint density at radius 3 is 3.00 bits per heavy atom. The van der Waals surface area contributed by atoms with E-state index in [9.17, 15) is 9.59 Å². The van der Waals surface area contributed by atoms with E-state index < -0.39 is 0 Å². The van der Waals surface area contributed by atoms with Crippen molar-refractivity contribution in [2.75, 3.05) is 6.54 Å². The van der Waals surface area contributed by atoms with Crippen molar-refractivity contribution in [2.45, 2.75) is 32.2 Å². The molecule has 1 amide bonds. The SMILES string of the molecule is CCc1cc(=O)n2[nH]c([C@@H]3CCCN3C(=O)c3cnccn3)cc2n1. The van der Waals surface area contributed by atoms with Gasteiger partial charge in [0.25, 0.3) is 11.5 Å². The molecule has 25 heavy (non-hydrogen) atoms. The fourth-order valence-corrected chi connectivity index (χ4v) is 3.30. The Balaban J connectivity index is 1.71. The van der Waals surface area contributed by atoms with E-state index in [2.05, 4.69) is 20.1 Å². The largest absolute Gasteiger partial charge is 0.329 e. The molecule has 1 N–H and O–H groups in total. The van der Waals surface area contributed by atoms with E-state index in [-0.39, 0.29) is 17.5 Å². The van der Waals surface area contributed by atoms with Gasteiger partial charge in [0.15, 0.2) is 5.65 Å². The second-order valence-corrected chi connectivity index (χ2v) is 6.09. The molecule has 8 heteroatoms. The van der Waals surface area contributed by atoms with Crippen molar-refractivity contribution in [1.82, 2.24) is 29.5 Å². The summed E-state index contributed by atoms with van der Waals surface area (Å²) in [5, 5.41) is 3.11. The fourth-order valence-electron chi connectivity index (χ4n) is 3.30. The maximum absolute atomic E-state index is 12.7. The van der Waals surface area contributed by atoms with Gasteiger partial charge in [0.2, 0.25) is 0 Å². The molecular weight excluding hydrogens is 320 g/mol. The molecule has 1 aliphatic heterocycles. The van der Waals surface area contributed by atoms with Crippen LogP contribution in [0.25, 0.3) is 5.65 Å². The number of hydrogen-bond acceptors (Lipinski definition) is 5. The number of fused-ring (bicyclic) bond motifs is 1. The summed E-state index contributed by atoms with van der Waals surface area (Å²) in [5.74, 6) is -0.149. The summed E-state index contributed by atoms with van der Waals surface area (Å²) in [5.41, 5.74) is 2.34. The van der Waals surface area contributed by atoms with Crippen LogP contribution in [-0.4, -0.2) is 41.9 Å². The highest BCUT2D eigenvalue weighted by Gasteiger charge is 2.32. The van der Waals surface area contributed by atoms with Gasteiger partial charge in [-0.1, -0.05) is 6.92 Å². The number of nitrogens with one attached hydrogen (secondary N) is 1. The Kier molecular flexibility index (Phi) is 3.79. The summed E-state index contributed by atoms with van der Waals surface area (Å²) in [7, 11) is 0. The minimum atomic E-state index is -0.149. The lowest BCUT2D eigenvalue weighted by Gasteiger charge is -2.23. The number of amides is 1. The van der Waals surface area contributed by atoms with Crippen LogP contribution in [0.1, 0.15) is 47.7 Å². The van der Waals surface area contributed by atoms with Crippen LogP contribution in [-0.2, 0) is 6.42 Å². The lowest BCUT2D eigenvalue weighted by atomic mass is 10.1. The Morgan fingerprint density at radius 2 is 2.24 bits per heavy atom. The molecule has 0 radical (unpaired) electrons. The maximum atomic E-state index is 12.7. The number of aromatic amines is 1. The number of H-pyrrole nitrogens is 1. The molecule has 128 valence electrons. The lowest BCUT2D eigenvalue weighted by molar-refractivity contribution is 0.0726. The number of aromatic nitrogens is 5. The van der Waals surface area contributed by atoms with Gasteiger partial charge in [-0.2, -0.15) is 0 Å².